The van der Waals surface area contributed by atoms with Crippen LogP contribution in [-0.4, -0.2) is 49.0 Å². The van der Waals surface area contributed by atoms with Crippen molar-refractivity contribution in [3.05, 3.63) is 88.1 Å². The molecular weight excluding hydrogens is 464 g/mol. The van der Waals surface area contributed by atoms with Crippen molar-refractivity contribution >= 4 is 29.1 Å². The first-order chi connectivity index (χ1) is 16.9. The maximum absolute atomic E-state index is 13.0. The summed E-state index contributed by atoms with van der Waals surface area (Å²) in [7, 11) is 1.74. The second kappa shape index (κ2) is 9.54. The standard InChI is InChI=1S/C26H27ClN6O2/c1-17-23(27)24(31(2)30-17)26(35)33-12-8-20(9-13-33)19-3-5-21(6-4-19)25(34)29-16-18-7-11-32-14-10-28-22(32)15-18/h3-7,10-11,14-15,20H,8-9,12-13,16H2,1-2H3,(H,29,34). The topological polar surface area (TPSA) is 84.5 Å². The number of rotatable bonds is 5. The molecule has 0 radical (unpaired) electrons. The Balaban J connectivity index is 1.16. The monoisotopic (exact) mass is 490 g/mol. The van der Waals surface area contributed by atoms with E-state index in [0.717, 1.165) is 24.1 Å². The van der Waals surface area contributed by atoms with Crippen molar-refractivity contribution in [1.29, 1.82) is 0 Å². The van der Waals surface area contributed by atoms with Gasteiger partial charge in [0, 0.05) is 50.8 Å². The maximum Gasteiger partial charge on any atom is 0.273 e. The summed E-state index contributed by atoms with van der Waals surface area (Å²) < 4.78 is 3.49. The van der Waals surface area contributed by atoms with Crippen LogP contribution >= 0.6 is 11.6 Å². The van der Waals surface area contributed by atoms with Gasteiger partial charge in [0.05, 0.1) is 10.7 Å². The molecule has 1 saturated heterocycles. The Hall–Kier alpha value is -3.65. The number of hydrogen-bond donors (Lipinski definition) is 1. The summed E-state index contributed by atoms with van der Waals surface area (Å²) in [6.07, 6.45) is 7.30. The minimum Gasteiger partial charge on any atom is -0.348 e. The normalized spacial score (nSPS) is 14.4. The summed E-state index contributed by atoms with van der Waals surface area (Å²) in [6, 6.07) is 11.7. The number of benzene rings is 1. The van der Waals surface area contributed by atoms with E-state index in [2.05, 4.69) is 15.4 Å². The Bertz CT molecular complexity index is 1380. The molecule has 9 heteroatoms. The van der Waals surface area contributed by atoms with Crippen LogP contribution in [0.4, 0.5) is 0 Å². The van der Waals surface area contributed by atoms with Crippen LogP contribution in [-0.2, 0) is 13.6 Å². The molecule has 0 spiro atoms. The number of nitrogens with one attached hydrogen (secondary N) is 1. The third kappa shape index (κ3) is 4.66. The van der Waals surface area contributed by atoms with E-state index in [0.29, 0.717) is 47.5 Å². The molecule has 4 heterocycles. The van der Waals surface area contributed by atoms with Crippen molar-refractivity contribution in [1.82, 2.24) is 29.4 Å². The number of piperidine rings is 1. The van der Waals surface area contributed by atoms with Crippen molar-refractivity contribution in [3.8, 4) is 0 Å². The molecule has 1 aromatic carbocycles. The van der Waals surface area contributed by atoms with Gasteiger partial charge in [0.2, 0.25) is 0 Å². The number of likely N-dealkylation sites (tertiary alicyclic amines) is 1. The van der Waals surface area contributed by atoms with Crippen molar-refractivity contribution in [2.45, 2.75) is 32.2 Å². The number of pyridine rings is 1. The number of fused-ring (bicyclic) bond motifs is 1. The molecule has 1 aliphatic heterocycles. The van der Waals surface area contributed by atoms with Crippen LogP contribution in [0.5, 0.6) is 0 Å². The molecule has 0 bridgehead atoms. The van der Waals surface area contributed by atoms with Gasteiger partial charge in [-0.15, -0.1) is 0 Å². The lowest BCUT2D eigenvalue weighted by Gasteiger charge is -2.32. The van der Waals surface area contributed by atoms with Crippen LogP contribution in [0.1, 0.15) is 56.4 Å². The molecule has 0 saturated carbocycles. The zero-order valence-corrected chi connectivity index (χ0v) is 20.5. The average Bonchev–Trinajstić information content (AvgIpc) is 3.45. The molecule has 4 aromatic rings. The predicted octanol–water partition coefficient (Wildman–Crippen LogP) is 3.98. The zero-order valence-electron chi connectivity index (χ0n) is 19.7. The number of halogens is 1. The molecule has 5 rings (SSSR count). The van der Waals surface area contributed by atoms with Crippen molar-refractivity contribution in [2.75, 3.05) is 13.1 Å². The zero-order chi connectivity index (χ0) is 24.5. The van der Waals surface area contributed by atoms with E-state index in [-0.39, 0.29) is 11.8 Å². The highest BCUT2D eigenvalue weighted by Gasteiger charge is 2.28. The quantitative estimate of drug-likeness (QED) is 0.458. The molecule has 2 amide bonds. The first-order valence-electron chi connectivity index (χ1n) is 11.7. The van der Waals surface area contributed by atoms with Gasteiger partial charge < -0.3 is 14.6 Å². The van der Waals surface area contributed by atoms with Crippen molar-refractivity contribution in [2.24, 2.45) is 7.05 Å². The van der Waals surface area contributed by atoms with E-state index in [1.54, 1.807) is 24.9 Å². The highest BCUT2D eigenvalue weighted by Crippen LogP contribution is 2.30. The number of aromatic nitrogens is 4. The molecule has 1 fully saturated rings. The summed E-state index contributed by atoms with van der Waals surface area (Å²) in [5.41, 5.74) is 4.78. The van der Waals surface area contributed by atoms with E-state index >= 15 is 0 Å². The number of imidazole rings is 1. The average molecular weight is 491 g/mol. The van der Waals surface area contributed by atoms with Gasteiger partial charge in [0.1, 0.15) is 11.3 Å². The Morgan fingerprint density at radius 3 is 2.54 bits per heavy atom. The lowest BCUT2D eigenvalue weighted by atomic mass is 9.89. The fraction of sp³-hybridized carbons (Fsp3) is 0.308. The summed E-state index contributed by atoms with van der Waals surface area (Å²) >= 11 is 6.30. The second-order valence-corrected chi connectivity index (χ2v) is 9.35. The summed E-state index contributed by atoms with van der Waals surface area (Å²) in [5.74, 6) is 0.167. The number of carbonyl (C=O) groups excluding carboxylic acids is 2. The van der Waals surface area contributed by atoms with Crippen LogP contribution < -0.4 is 5.32 Å². The minimum atomic E-state index is -0.108. The third-order valence-corrected chi connectivity index (χ3v) is 7.15. The molecule has 8 nitrogen and oxygen atoms in total. The predicted molar refractivity (Wildman–Crippen MR) is 134 cm³/mol. The first kappa shape index (κ1) is 23.1. The highest BCUT2D eigenvalue weighted by atomic mass is 35.5. The number of carbonyl (C=O) groups is 2. The molecular formula is C26H27ClN6O2. The van der Waals surface area contributed by atoms with Gasteiger partial charge in [-0.05, 0) is 61.1 Å². The van der Waals surface area contributed by atoms with E-state index < -0.39 is 0 Å². The van der Waals surface area contributed by atoms with Gasteiger partial charge in [0.15, 0.2) is 0 Å². The van der Waals surface area contributed by atoms with Gasteiger partial charge in [-0.3, -0.25) is 14.3 Å². The molecule has 180 valence electrons. The summed E-state index contributed by atoms with van der Waals surface area (Å²) in [6.45, 7) is 3.56. The molecule has 3 aromatic heterocycles. The Morgan fingerprint density at radius 1 is 1.11 bits per heavy atom. The van der Waals surface area contributed by atoms with E-state index in [1.807, 2.05) is 58.1 Å². The van der Waals surface area contributed by atoms with Gasteiger partial charge in [0.25, 0.3) is 11.8 Å². The van der Waals surface area contributed by atoms with Gasteiger partial charge in [-0.25, -0.2) is 4.98 Å². The Labute approximate surface area is 208 Å². The smallest absolute Gasteiger partial charge is 0.273 e. The summed E-state index contributed by atoms with van der Waals surface area (Å²) in [4.78, 5) is 31.7. The van der Waals surface area contributed by atoms with Crippen LogP contribution in [0.15, 0.2) is 55.0 Å². The van der Waals surface area contributed by atoms with Crippen molar-refractivity contribution < 1.29 is 9.59 Å². The molecule has 0 atom stereocenters. The lowest BCUT2D eigenvalue weighted by Crippen LogP contribution is -2.38. The van der Waals surface area contributed by atoms with Crippen LogP contribution in [0.2, 0.25) is 5.02 Å². The van der Waals surface area contributed by atoms with E-state index in [4.69, 9.17) is 11.6 Å². The summed E-state index contributed by atoms with van der Waals surface area (Å²) in [5, 5.41) is 7.66. The van der Waals surface area contributed by atoms with E-state index in [9.17, 15) is 9.59 Å². The van der Waals surface area contributed by atoms with Crippen LogP contribution in [0.3, 0.4) is 0 Å². The van der Waals surface area contributed by atoms with Crippen molar-refractivity contribution in [3.63, 3.8) is 0 Å². The minimum absolute atomic E-state index is 0.0736. The lowest BCUT2D eigenvalue weighted by molar-refractivity contribution is 0.0701. The highest BCUT2D eigenvalue weighted by molar-refractivity contribution is 6.34. The van der Waals surface area contributed by atoms with E-state index in [1.165, 1.54) is 5.56 Å². The largest absolute Gasteiger partial charge is 0.348 e. The number of nitrogens with zero attached hydrogens (tertiary/aromatic N) is 5. The number of hydrogen-bond acceptors (Lipinski definition) is 4. The first-order valence-corrected chi connectivity index (χ1v) is 12.1. The number of aryl methyl sites for hydroxylation is 2. The Morgan fingerprint density at radius 2 is 1.86 bits per heavy atom. The molecule has 35 heavy (non-hydrogen) atoms. The molecule has 1 N–H and O–H groups in total. The third-order valence-electron chi connectivity index (χ3n) is 6.69. The van der Waals surface area contributed by atoms with Gasteiger partial charge in [-0.1, -0.05) is 23.7 Å². The molecule has 0 aliphatic carbocycles. The van der Waals surface area contributed by atoms with Gasteiger partial charge in [-0.2, -0.15) is 5.10 Å². The van der Waals surface area contributed by atoms with Crippen LogP contribution in [0.25, 0.3) is 5.65 Å². The fourth-order valence-electron chi connectivity index (χ4n) is 4.68. The maximum atomic E-state index is 13.0. The molecule has 1 aliphatic rings. The van der Waals surface area contributed by atoms with Gasteiger partial charge >= 0.3 is 0 Å². The molecule has 0 unspecified atom stereocenters. The number of amides is 2. The Kier molecular flexibility index (Phi) is 6.30. The SMILES string of the molecule is Cc1nn(C)c(C(=O)N2CCC(c3ccc(C(=O)NCc4ccn5ccnc5c4)cc3)CC2)c1Cl. The second-order valence-electron chi connectivity index (χ2n) is 8.97. The van der Waals surface area contributed by atoms with Crippen LogP contribution in [0, 0.1) is 6.92 Å². The fourth-order valence-corrected chi connectivity index (χ4v) is 4.92.